The smallest absolute Gasteiger partial charge is 0.241 e. The van der Waals surface area contributed by atoms with Gasteiger partial charge in [-0.3, -0.25) is 9.78 Å². The number of rotatable bonds is 6. The molecule has 116 valence electrons. The number of carbonyl (C=O) groups is 1. The number of nitrogens with zero attached hydrogens (tertiary/aromatic N) is 1. The molecule has 0 bridgehead atoms. The van der Waals surface area contributed by atoms with E-state index in [9.17, 15) is 4.79 Å². The average Bonchev–Trinajstić information content (AvgIpc) is 2.53. The third-order valence-electron chi connectivity index (χ3n) is 3.53. The summed E-state index contributed by atoms with van der Waals surface area (Å²) in [7, 11) is 0. The number of ether oxygens (including phenoxy) is 2. The van der Waals surface area contributed by atoms with Crippen LogP contribution in [0, 0.1) is 5.92 Å². The van der Waals surface area contributed by atoms with Crippen LogP contribution >= 0.6 is 0 Å². The fourth-order valence-corrected chi connectivity index (χ4v) is 2.30. The molecule has 0 aliphatic carbocycles. The molecule has 0 radical (unpaired) electrons. The Kier molecular flexibility index (Phi) is 5.95. The number of nitrogens with two attached hydrogens (primary N) is 1. The van der Waals surface area contributed by atoms with E-state index >= 15 is 0 Å². The molecule has 1 aromatic heterocycles. The summed E-state index contributed by atoms with van der Waals surface area (Å²) in [6, 6.07) is 1.24. The molecule has 1 amide bonds. The third kappa shape index (κ3) is 4.68. The van der Waals surface area contributed by atoms with Crippen LogP contribution in [0.15, 0.2) is 18.5 Å². The van der Waals surface area contributed by atoms with Gasteiger partial charge in [0.25, 0.3) is 0 Å². The fourth-order valence-electron chi connectivity index (χ4n) is 2.30. The highest BCUT2D eigenvalue weighted by Crippen LogP contribution is 2.20. The van der Waals surface area contributed by atoms with Crippen LogP contribution in [0.1, 0.15) is 26.2 Å². The number of nitrogens with one attached hydrogen (secondary N) is 1. The molecular weight excluding hydrogens is 270 g/mol. The molecule has 6 heteroatoms. The maximum atomic E-state index is 12.2. The van der Waals surface area contributed by atoms with Gasteiger partial charge in [-0.25, -0.2) is 0 Å². The van der Waals surface area contributed by atoms with Crippen LogP contribution in [0.5, 0.6) is 5.75 Å². The highest BCUT2D eigenvalue weighted by atomic mass is 16.5. The summed E-state index contributed by atoms with van der Waals surface area (Å²) in [6.45, 7) is 4.01. The van der Waals surface area contributed by atoms with Crippen molar-refractivity contribution >= 4 is 11.6 Å². The van der Waals surface area contributed by atoms with Crippen LogP contribution in [0.3, 0.4) is 0 Å². The van der Waals surface area contributed by atoms with E-state index in [0.717, 1.165) is 19.3 Å². The molecule has 1 aliphatic rings. The Hall–Kier alpha value is -1.66. The average molecular weight is 293 g/mol. The lowest BCUT2D eigenvalue weighted by Gasteiger charge is -2.26. The normalized spacial score (nSPS) is 17.2. The zero-order valence-electron chi connectivity index (χ0n) is 12.4. The van der Waals surface area contributed by atoms with E-state index in [1.165, 1.54) is 0 Å². The molecule has 0 aromatic carbocycles. The maximum Gasteiger partial charge on any atom is 0.241 e. The topological polar surface area (TPSA) is 86.5 Å². The summed E-state index contributed by atoms with van der Waals surface area (Å²) in [5.74, 6) is 0.636. The zero-order valence-corrected chi connectivity index (χ0v) is 12.4. The summed E-state index contributed by atoms with van der Waals surface area (Å²) >= 11 is 0. The van der Waals surface area contributed by atoms with Gasteiger partial charge in [0.1, 0.15) is 5.75 Å². The first-order valence-corrected chi connectivity index (χ1v) is 7.42. The Balaban J connectivity index is 1.91. The minimum atomic E-state index is -0.519. The van der Waals surface area contributed by atoms with Gasteiger partial charge in [-0.15, -0.1) is 0 Å². The standard InChI is InChI=1S/C15H23N3O3/c1-2-5-21-13-8-12(9-17-10-13)18-15(19)14(16)11-3-6-20-7-4-11/h8-11,14H,2-7,16H2,1H3,(H,18,19). The van der Waals surface area contributed by atoms with Crippen molar-refractivity contribution < 1.29 is 14.3 Å². The van der Waals surface area contributed by atoms with Crippen LogP contribution in [-0.4, -0.2) is 36.8 Å². The van der Waals surface area contributed by atoms with Crippen molar-refractivity contribution in [3.8, 4) is 5.75 Å². The second kappa shape index (κ2) is 7.95. The number of hydrogen-bond acceptors (Lipinski definition) is 5. The van der Waals surface area contributed by atoms with Gasteiger partial charge in [0, 0.05) is 19.3 Å². The maximum absolute atomic E-state index is 12.2. The number of carbonyl (C=O) groups excluding carboxylic acids is 1. The second-order valence-electron chi connectivity index (χ2n) is 5.22. The SMILES string of the molecule is CCCOc1cncc(NC(=O)C(N)C2CCOCC2)c1. The van der Waals surface area contributed by atoms with Crippen molar-refractivity contribution in [1.82, 2.24) is 4.98 Å². The fraction of sp³-hybridized carbons (Fsp3) is 0.600. The molecule has 0 spiro atoms. The number of pyridine rings is 1. The summed E-state index contributed by atoms with van der Waals surface area (Å²) < 4.78 is 10.8. The van der Waals surface area contributed by atoms with Gasteiger partial charge in [-0.2, -0.15) is 0 Å². The number of anilines is 1. The highest BCUT2D eigenvalue weighted by molar-refractivity contribution is 5.94. The lowest BCUT2D eigenvalue weighted by Crippen LogP contribution is -2.44. The molecule has 2 rings (SSSR count). The Labute approximate surface area is 125 Å². The van der Waals surface area contributed by atoms with E-state index < -0.39 is 6.04 Å². The predicted molar refractivity (Wildman–Crippen MR) is 80.2 cm³/mol. The van der Waals surface area contributed by atoms with Crippen molar-refractivity contribution in [2.75, 3.05) is 25.1 Å². The largest absolute Gasteiger partial charge is 0.492 e. The minimum absolute atomic E-state index is 0.172. The molecule has 1 unspecified atom stereocenters. The minimum Gasteiger partial charge on any atom is -0.492 e. The first-order valence-electron chi connectivity index (χ1n) is 7.42. The molecule has 3 N–H and O–H groups in total. The van der Waals surface area contributed by atoms with E-state index in [4.69, 9.17) is 15.2 Å². The van der Waals surface area contributed by atoms with Gasteiger partial charge in [-0.05, 0) is 25.2 Å². The molecule has 2 heterocycles. The first-order chi connectivity index (χ1) is 10.2. The Bertz CT molecular complexity index is 461. The first kappa shape index (κ1) is 15.7. The van der Waals surface area contributed by atoms with Crippen LogP contribution in [0.4, 0.5) is 5.69 Å². The molecule has 1 aliphatic heterocycles. The monoisotopic (exact) mass is 293 g/mol. The van der Waals surface area contributed by atoms with Crippen molar-refractivity contribution in [2.24, 2.45) is 11.7 Å². The Morgan fingerprint density at radius 1 is 1.52 bits per heavy atom. The summed E-state index contributed by atoms with van der Waals surface area (Å²) in [5, 5.41) is 2.81. The van der Waals surface area contributed by atoms with Gasteiger partial charge in [-0.1, -0.05) is 6.92 Å². The number of aromatic nitrogens is 1. The van der Waals surface area contributed by atoms with E-state index in [0.29, 0.717) is 31.3 Å². The van der Waals surface area contributed by atoms with Crippen molar-refractivity contribution in [3.63, 3.8) is 0 Å². The molecular formula is C15H23N3O3. The lowest BCUT2D eigenvalue weighted by atomic mass is 9.92. The molecule has 0 saturated carbocycles. The van der Waals surface area contributed by atoms with Gasteiger partial charge in [0.05, 0.1) is 30.7 Å². The Morgan fingerprint density at radius 3 is 3.00 bits per heavy atom. The van der Waals surface area contributed by atoms with Gasteiger partial charge < -0.3 is 20.5 Å². The van der Waals surface area contributed by atoms with Crippen molar-refractivity contribution in [2.45, 2.75) is 32.2 Å². The van der Waals surface area contributed by atoms with Gasteiger partial charge >= 0.3 is 0 Å². The number of amides is 1. The molecule has 1 fully saturated rings. The third-order valence-corrected chi connectivity index (χ3v) is 3.53. The Morgan fingerprint density at radius 2 is 2.29 bits per heavy atom. The van der Waals surface area contributed by atoms with E-state index in [-0.39, 0.29) is 11.8 Å². The molecule has 6 nitrogen and oxygen atoms in total. The summed E-state index contributed by atoms with van der Waals surface area (Å²) in [4.78, 5) is 16.3. The summed E-state index contributed by atoms with van der Waals surface area (Å²) in [6.07, 6.45) is 5.79. The van der Waals surface area contributed by atoms with E-state index in [1.807, 2.05) is 6.92 Å². The van der Waals surface area contributed by atoms with Crippen LogP contribution in [0.2, 0.25) is 0 Å². The predicted octanol–water partition coefficient (Wildman–Crippen LogP) is 1.56. The van der Waals surface area contributed by atoms with Crippen LogP contribution < -0.4 is 15.8 Å². The molecule has 1 atom stereocenters. The van der Waals surface area contributed by atoms with Gasteiger partial charge in [0.2, 0.25) is 5.91 Å². The number of hydrogen-bond donors (Lipinski definition) is 2. The van der Waals surface area contributed by atoms with Gasteiger partial charge in [0.15, 0.2) is 0 Å². The molecule has 1 aromatic rings. The van der Waals surface area contributed by atoms with Crippen LogP contribution in [0.25, 0.3) is 0 Å². The summed E-state index contributed by atoms with van der Waals surface area (Å²) in [5.41, 5.74) is 6.65. The molecule has 1 saturated heterocycles. The van der Waals surface area contributed by atoms with Crippen molar-refractivity contribution in [3.05, 3.63) is 18.5 Å². The van der Waals surface area contributed by atoms with E-state index in [1.54, 1.807) is 18.5 Å². The van der Waals surface area contributed by atoms with E-state index in [2.05, 4.69) is 10.3 Å². The lowest BCUT2D eigenvalue weighted by molar-refractivity contribution is -0.119. The van der Waals surface area contributed by atoms with Crippen LogP contribution in [-0.2, 0) is 9.53 Å². The quantitative estimate of drug-likeness (QED) is 0.831. The van der Waals surface area contributed by atoms with Crippen molar-refractivity contribution in [1.29, 1.82) is 0 Å². The highest BCUT2D eigenvalue weighted by Gasteiger charge is 2.26. The second-order valence-corrected chi connectivity index (χ2v) is 5.22. The zero-order chi connectivity index (χ0) is 15.1. The molecule has 21 heavy (non-hydrogen) atoms.